The smallest absolute Gasteiger partial charge is 0.203 e. The molecule has 4 nitrogen and oxygen atoms in total. The lowest BCUT2D eigenvalue weighted by Crippen LogP contribution is -1.92. The van der Waals surface area contributed by atoms with Crippen LogP contribution < -0.4 is 10.2 Å². The second kappa shape index (κ2) is 7.66. The van der Waals surface area contributed by atoms with Crippen molar-refractivity contribution in [1.82, 2.24) is 4.98 Å². The molecule has 1 N–H and O–H groups in total. The second-order valence-electron chi connectivity index (χ2n) is 4.74. The van der Waals surface area contributed by atoms with Crippen molar-refractivity contribution in [2.24, 2.45) is 5.10 Å². The molecule has 2 aromatic carbocycles. The van der Waals surface area contributed by atoms with E-state index in [1.165, 1.54) is 11.3 Å². The highest BCUT2D eigenvalue weighted by Gasteiger charge is 2.09. The predicted molar refractivity (Wildman–Crippen MR) is 102 cm³/mol. The van der Waals surface area contributed by atoms with Crippen molar-refractivity contribution in [3.05, 3.63) is 63.5 Å². The Hall–Kier alpha value is -2.08. The van der Waals surface area contributed by atoms with Gasteiger partial charge in [-0.25, -0.2) is 4.98 Å². The normalized spacial score (nSPS) is 11.0. The molecule has 0 aliphatic rings. The lowest BCUT2D eigenvalue weighted by atomic mass is 10.1. The fraction of sp³-hybridized carbons (Fsp3) is 0.0588. The zero-order valence-corrected chi connectivity index (χ0v) is 15.0. The molecule has 0 saturated carbocycles. The molecule has 0 saturated heterocycles. The van der Waals surface area contributed by atoms with Gasteiger partial charge < -0.3 is 4.74 Å². The van der Waals surface area contributed by atoms with E-state index in [4.69, 9.17) is 27.9 Å². The van der Waals surface area contributed by atoms with Crippen LogP contribution in [-0.4, -0.2) is 18.3 Å². The summed E-state index contributed by atoms with van der Waals surface area (Å²) in [5, 5.41) is 7.85. The van der Waals surface area contributed by atoms with E-state index >= 15 is 0 Å². The molecule has 0 aliphatic heterocycles. The summed E-state index contributed by atoms with van der Waals surface area (Å²) in [6, 6.07) is 13.0. The summed E-state index contributed by atoms with van der Waals surface area (Å²) >= 11 is 13.6. The highest BCUT2D eigenvalue weighted by Crippen LogP contribution is 2.31. The summed E-state index contributed by atoms with van der Waals surface area (Å²) in [6.07, 6.45) is 1.58. The lowest BCUT2D eigenvalue weighted by molar-refractivity contribution is 0.416. The van der Waals surface area contributed by atoms with E-state index in [1.807, 2.05) is 29.6 Å². The van der Waals surface area contributed by atoms with Crippen molar-refractivity contribution >= 4 is 45.9 Å². The van der Waals surface area contributed by atoms with Gasteiger partial charge in [0.05, 0.1) is 29.1 Å². The molecule has 7 heteroatoms. The molecular formula is C17H13Cl2N3OS. The number of hydrogen-bond donors (Lipinski definition) is 1. The standard InChI is InChI=1S/C17H13Cl2N3OS/c1-23-16-8-3-2-5-11(16)15-10-24-17(21-15)22-20-9-12-13(18)6-4-7-14(12)19/h2-10H,1H3,(H,21,22)/b20-9-. The van der Waals surface area contributed by atoms with Crippen molar-refractivity contribution in [2.45, 2.75) is 0 Å². The Balaban J connectivity index is 1.76. The van der Waals surface area contributed by atoms with Crippen molar-refractivity contribution in [3.63, 3.8) is 0 Å². The van der Waals surface area contributed by atoms with Crippen LogP contribution in [0.4, 0.5) is 5.13 Å². The van der Waals surface area contributed by atoms with Gasteiger partial charge in [-0.05, 0) is 24.3 Å². The van der Waals surface area contributed by atoms with Crippen molar-refractivity contribution < 1.29 is 4.74 Å². The summed E-state index contributed by atoms with van der Waals surface area (Å²) in [4.78, 5) is 4.51. The maximum absolute atomic E-state index is 6.10. The quantitative estimate of drug-likeness (QED) is 0.466. The Kier molecular flexibility index (Phi) is 5.35. The zero-order valence-electron chi connectivity index (χ0n) is 12.7. The molecule has 0 bridgehead atoms. The molecule has 0 aliphatic carbocycles. The molecule has 3 aromatic rings. The van der Waals surface area contributed by atoms with Crippen LogP contribution in [0.2, 0.25) is 10.0 Å². The fourth-order valence-electron chi connectivity index (χ4n) is 2.09. The first-order valence-electron chi connectivity index (χ1n) is 7.01. The van der Waals surface area contributed by atoms with Crippen molar-refractivity contribution in [3.8, 4) is 17.0 Å². The Morgan fingerprint density at radius 1 is 1.12 bits per heavy atom. The van der Waals surface area contributed by atoms with Crippen LogP contribution in [0.15, 0.2) is 52.9 Å². The van der Waals surface area contributed by atoms with Crippen LogP contribution in [0.1, 0.15) is 5.56 Å². The fourth-order valence-corrected chi connectivity index (χ4v) is 3.25. The number of rotatable bonds is 5. The van der Waals surface area contributed by atoms with Crippen LogP contribution in [0, 0.1) is 0 Å². The van der Waals surface area contributed by atoms with Crippen LogP contribution in [0.3, 0.4) is 0 Å². The van der Waals surface area contributed by atoms with Gasteiger partial charge in [0, 0.05) is 16.5 Å². The van der Waals surface area contributed by atoms with Gasteiger partial charge in [0.25, 0.3) is 0 Å². The molecule has 0 unspecified atom stereocenters. The number of anilines is 1. The second-order valence-corrected chi connectivity index (χ2v) is 6.42. The number of hydrazone groups is 1. The molecular weight excluding hydrogens is 365 g/mol. The summed E-state index contributed by atoms with van der Waals surface area (Å²) < 4.78 is 5.36. The van der Waals surface area contributed by atoms with Crippen LogP contribution >= 0.6 is 34.5 Å². The Labute approximate surface area is 153 Å². The van der Waals surface area contributed by atoms with Gasteiger partial charge in [0.1, 0.15) is 5.75 Å². The minimum atomic E-state index is 0.543. The van der Waals surface area contributed by atoms with E-state index in [-0.39, 0.29) is 0 Å². The number of nitrogens with zero attached hydrogens (tertiary/aromatic N) is 2. The molecule has 1 aromatic heterocycles. The number of benzene rings is 2. The Bertz CT molecular complexity index is 860. The van der Waals surface area contributed by atoms with Crippen molar-refractivity contribution in [2.75, 3.05) is 12.5 Å². The largest absolute Gasteiger partial charge is 0.496 e. The van der Waals surface area contributed by atoms with Gasteiger partial charge in [0.2, 0.25) is 5.13 Å². The number of hydrogen-bond acceptors (Lipinski definition) is 5. The highest BCUT2D eigenvalue weighted by atomic mass is 35.5. The molecule has 0 amide bonds. The molecule has 0 atom stereocenters. The molecule has 122 valence electrons. The first kappa shape index (κ1) is 16.8. The minimum absolute atomic E-state index is 0.543. The van der Waals surface area contributed by atoms with E-state index < -0.39 is 0 Å². The van der Waals surface area contributed by atoms with E-state index in [9.17, 15) is 0 Å². The average Bonchev–Trinajstić information content (AvgIpc) is 3.06. The third kappa shape index (κ3) is 3.70. The third-order valence-electron chi connectivity index (χ3n) is 3.24. The van der Waals surface area contributed by atoms with Gasteiger partial charge in [-0.3, -0.25) is 5.43 Å². The van der Waals surface area contributed by atoms with Gasteiger partial charge in [-0.15, -0.1) is 11.3 Å². The van der Waals surface area contributed by atoms with Crippen LogP contribution in [0.5, 0.6) is 5.75 Å². The van der Waals surface area contributed by atoms with Crippen molar-refractivity contribution in [1.29, 1.82) is 0 Å². The lowest BCUT2D eigenvalue weighted by Gasteiger charge is -2.04. The predicted octanol–water partition coefficient (Wildman–Crippen LogP) is 5.57. The van der Waals surface area contributed by atoms with Crippen LogP contribution in [-0.2, 0) is 0 Å². The van der Waals surface area contributed by atoms with Gasteiger partial charge >= 0.3 is 0 Å². The van der Waals surface area contributed by atoms with Gasteiger partial charge in [-0.2, -0.15) is 5.10 Å². The number of nitrogens with one attached hydrogen (secondary N) is 1. The molecule has 24 heavy (non-hydrogen) atoms. The van der Waals surface area contributed by atoms with E-state index in [0.29, 0.717) is 20.7 Å². The molecule has 0 spiro atoms. The van der Waals surface area contributed by atoms with E-state index in [2.05, 4.69) is 15.5 Å². The molecule has 0 radical (unpaired) electrons. The molecule has 0 fully saturated rings. The number of aromatic nitrogens is 1. The first-order valence-corrected chi connectivity index (χ1v) is 8.64. The number of methoxy groups -OCH3 is 1. The Morgan fingerprint density at radius 3 is 2.62 bits per heavy atom. The van der Waals surface area contributed by atoms with Gasteiger partial charge in [-0.1, -0.05) is 41.4 Å². The topological polar surface area (TPSA) is 46.5 Å². The minimum Gasteiger partial charge on any atom is -0.496 e. The maximum Gasteiger partial charge on any atom is 0.203 e. The average molecular weight is 378 g/mol. The number of para-hydroxylation sites is 1. The zero-order chi connectivity index (χ0) is 16.9. The monoisotopic (exact) mass is 377 g/mol. The van der Waals surface area contributed by atoms with E-state index in [1.54, 1.807) is 31.5 Å². The molecule has 1 heterocycles. The SMILES string of the molecule is COc1ccccc1-c1csc(N/N=C\c2c(Cl)cccc2Cl)n1. The van der Waals surface area contributed by atoms with Gasteiger partial charge in [0.15, 0.2) is 0 Å². The summed E-state index contributed by atoms with van der Waals surface area (Å²) in [5.74, 6) is 0.778. The van der Waals surface area contributed by atoms with E-state index in [0.717, 1.165) is 17.0 Å². The maximum atomic E-state index is 6.10. The Morgan fingerprint density at radius 2 is 1.88 bits per heavy atom. The summed E-state index contributed by atoms with van der Waals surface area (Å²) in [7, 11) is 1.64. The number of halogens is 2. The number of ether oxygens (including phenoxy) is 1. The number of thiazole rings is 1. The first-order chi connectivity index (χ1) is 11.7. The summed E-state index contributed by atoms with van der Waals surface area (Å²) in [6.45, 7) is 0. The third-order valence-corrected chi connectivity index (χ3v) is 4.65. The van der Waals surface area contributed by atoms with Crippen LogP contribution in [0.25, 0.3) is 11.3 Å². The highest BCUT2D eigenvalue weighted by molar-refractivity contribution is 7.14. The summed E-state index contributed by atoms with van der Waals surface area (Å²) in [5.41, 5.74) is 5.31. The molecule has 3 rings (SSSR count).